The Morgan fingerprint density at radius 2 is 1.08 bits per heavy atom. The van der Waals surface area contributed by atoms with Gasteiger partial charge in [0.05, 0.1) is 0 Å². The van der Waals surface area contributed by atoms with Gasteiger partial charge < -0.3 is 6.15 Å². The average Bonchev–Trinajstić information content (AvgIpc) is 2.71. The van der Waals surface area contributed by atoms with E-state index in [1.807, 2.05) is 0 Å². The highest BCUT2D eigenvalue weighted by Gasteiger charge is 2.33. The summed E-state index contributed by atoms with van der Waals surface area (Å²) in [6.45, 7) is 0. The molecule has 0 amide bonds. The number of benzene rings is 2. The van der Waals surface area contributed by atoms with Crippen LogP contribution in [0.15, 0.2) is 54.6 Å². The van der Waals surface area contributed by atoms with Crippen LogP contribution in [-0.4, -0.2) is 11.3 Å². The third kappa shape index (κ3) is 4.38. The Kier molecular flexibility index (Phi) is 7.29. The summed E-state index contributed by atoms with van der Waals surface area (Å²) in [5.41, 5.74) is 4.87. The van der Waals surface area contributed by atoms with Gasteiger partial charge in [-0.1, -0.05) is 101 Å². The molecule has 0 atom stereocenters. The van der Waals surface area contributed by atoms with Gasteiger partial charge in [-0.25, -0.2) is 0 Å². The van der Waals surface area contributed by atoms with E-state index in [2.05, 4.69) is 54.6 Å². The Bertz CT molecular complexity index is 639. The molecule has 2 aromatic rings. The summed E-state index contributed by atoms with van der Waals surface area (Å²) < 4.78 is 0. The van der Waals surface area contributed by atoms with Gasteiger partial charge in [0.25, 0.3) is 0 Å². The monoisotopic (exact) mass is 367 g/mol. The molecule has 0 spiro atoms. The summed E-state index contributed by atoms with van der Waals surface area (Å²) in [4.78, 5) is 0. The zero-order chi connectivity index (χ0) is 16.9. The van der Waals surface area contributed by atoms with E-state index < -0.39 is 0 Å². The molecular weight excluding hydrogens is 333 g/mol. The molecule has 4 rings (SSSR count). The molecule has 26 heavy (non-hydrogen) atoms. The average molecular weight is 368 g/mol. The Balaban J connectivity index is 0.00000196. The van der Waals surface area contributed by atoms with E-state index in [0.29, 0.717) is 0 Å². The van der Waals surface area contributed by atoms with Gasteiger partial charge >= 0.3 is 0 Å². The molecule has 2 saturated carbocycles. The molecule has 0 bridgehead atoms. The number of hydrogen-bond donors (Lipinski definition) is 1. The lowest BCUT2D eigenvalue weighted by atomic mass is 9.99. The van der Waals surface area contributed by atoms with Crippen molar-refractivity contribution in [1.29, 1.82) is 0 Å². The quantitative estimate of drug-likeness (QED) is 0.566. The van der Waals surface area contributed by atoms with Gasteiger partial charge in [-0.2, -0.15) is 0 Å². The molecule has 140 valence electrons. The second-order valence-corrected chi connectivity index (χ2v) is 10.6. The van der Waals surface area contributed by atoms with Crippen LogP contribution in [0.1, 0.15) is 64.2 Å². The predicted molar refractivity (Wildman–Crippen MR) is 117 cm³/mol. The summed E-state index contributed by atoms with van der Waals surface area (Å²) >= 11 is 0. The van der Waals surface area contributed by atoms with Gasteiger partial charge in [0.15, 0.2) is 0 Å². The highest BCUT2D eigenvalue weighted by Crippen LogP contribution is 2.56. The first kappa shape index (κ1) is 19.6. The van der Waals surface area contributed by atoms with Crippen molar-refractivity contribution in [1.82, 2.24) is 6.15 Å². The lowest BCUT2D eigenvalue weighted by molar-refractivity contribution is 0.487. The molecule has 0 saturated heterocycles. The predicted octanol–water partition coefficient (Wildman–Crippen LogP) is 7.29. The molecule has 2 heteroatoms. The van der Waals surface area contributed by atoms with E-state index in [0.717, 1.165) is 11.3 Å². The smallest absolute Gasteiger partial charge is 0.0107 e. The van der Waals surface area contributed by atoms with Gasteiger partial charge in [-0.15, -0.1) is 0 Å². The molecule has 0 radical (unpaired) electrons. The molecule has 0 unspecified atom stereocenters. The highest BCUT2D eigenvalue weighted by atomic mass is 31.1. The molecule has 2 aliphatic rings. The Morgan fingerprint density at radius 3 is 1.65 bits per heavy atom. The van der Waals surface area contributed by atoms with Crippen molar-refractivity contribution in [2.75, 3.05) is 0 Å². The topological polar surface area (TPSA) is 35.0 Å². The summed E-state index contributed by atoms with van der Waals surface area (Å²) in [6, 6.07) is 20.5. The highest BCUT2D eigenvalue weighted by molar-refractivity contribution is 7.67. The zero-order valence-corrected chi connectivity index (χ0v) is 17.0. The molecule has 0 aliphatic heterocycles. The van der Waals surface area contributed by atoms with E-state index in [9.17, 15) is 0 Å². The van der Waals surface area contributed by atoms with E-state index in [4.69, 9.17) is 0 Å². The van der Waals surface area contributed by atoms with Crippen molar-refractivity contribution in [2.24, 2.45) is 0 Å². The first-order chi connectivity index (χ1) is 12.4. The van der Waals surface area contributed by atoms with Crippen LogP contribution in [0.25, 0.3) is 11.1 Å². The Hall–Kier alpha value is -1.17. The maximum Gasteiger partial charge on any atom is -0.0107 e. The SMILES string of the molecule is N.c1ccc(-c2ccccc2P(C2CCCCC2)C2CCCCC2)cc1. The van der Waals surface area contributed by atoms with Crippen molar-refractivity contribution < 1.29 is 0 Å². The lowest BCUT2D eigenvalue weighted by Crippen LogP contribution is -2.27. The molecule has 1 nitrogen and oxygen atoms in total. The van der Waals surface area contributed by atoms with E-state index >= 15 is 0 Å². The Labute approximate surface area is 160 Å². The maximum absolute atomic E-state index is 2.48. The molecule has 2 fully saturated rings. The fourth-order valence-electron chi connectivity index (χ4n) is 4.97. The van der Waals surface area contributed by atoms with E-state index in [1.165, 1.54) is 75.3 Å². The fourth-order valence-corrected chi connectivity index (χ4v) is 8.94. The summed E-state index contributed by atoms with van der Waals surface area (Å²) in [6.07, 6.45) is 14.7. The largest absolute Gasteiger partial charge is 0.344 e. The van der Waals surface area contributed by atoms with Crippen LogP contribution in [-0.2, 0) is 0 Å². The van der Waals surface area contributed by atoms with Crippen LogP contribution in [0.2, 0.25) is 0 Å². The molecule has 3 N–H and O–H groups in total. The van der Waals surface area contributed by atoms with Crippen LogP contribution in [0.4, 0.5) is 0 Å². The molecule has 2 aliphatic carbocycles. The molecule has 0 heterocycles. The van der Waals surface area contributed by atoms with Crippen LogP contribution >= 0.6 is 7.92 Å². The van der Waals surface area contributed by atoms with Crippen molar-refractivity contribution >= 4 is 13.2 Å². The Morgan fingerprint density at radius 1 is 0.577 bits per heavy atom. The number of hydrogen-bond acceptors (Lipinski definition) is 1. The second kappa shape index (κ2) is 9.67. The second-order valence-electron chi connectivity index (χ2n) is 7.87. The van der Waals surface area contributed by atoms with Crippen LogP contribution in [0.3, 0.4) is 0 Å². The normalized spacial score (nSPS) is 19.3. The number of rotatable bonds is 4. The first-order valence-electron chi connectivity index (χ1n) is 10.4. The first-order valence-corrected chi connectivity index (χ1v) is 11.8. The summed E-state index contributed by atoms with van der Waals surface area (Å²) in [5, 5.41) is 1.71. The van der Waals surface area contributed by atoms with Gasteiger partial charge in [0.2, 0.25) is 0 Å². The van der Waals surface area contributed by atoms with Gasteiger partial charge in [0.1, 0.15) is 0 Å². The molecule has 2 aromatic carbocycles. The third-order valence-corrected chi connectivity index (χ3v) is 9.76. The van der Waals surface area contributed by atoms with Gasteiger partial charge in [0, 0.05) is 0 Å². The van der Waals surface area contributed by atoms with E-state index in [1.54, 1.807) is 5.30 Å². The van der Waals surface area contributed by atoms with Crippen molar-refractivity contribution in [3.8, 4) is 11.1 Å². The van der Waals surface area contributed by atoms with Crippen molar-refractivity contribution in [2.45, 2.75) is 75.5 Å². The van der Waals surface area contributed by atoms with Crippen LogP contribution < -0.4 is 11.5 Å². The van der Waals surface area contributed by atoms with E-state index in [-0.39, 0.29) is 14.1 Å². The van der Waals surface area contributed by atoms with Crippen LogP contribution in [0.5, 0.6) is 0 Å². The minimum atomic E-state index is -0.0365. The van der Waals surface area contributed by atoms with Crippen LogP contribution in [0, 0.1) is 0 Å². The standard InChI is InChI=1S/C24H31P.H3N/c1-4-12-20(13-5-1)23-18-10-11-19-24(23)25(21-14-6-2-7-15-21)22-16-8-3-9-17-22;/h1,4-5,10-13,18-19,21-22H,2-3,6-9,14-17H2;1H3. The zero-order valence-electron chi connectivity index (χ0n) is 16.1. The third-order valence-electron chi connectivity index (χ3n) is 6.20. The fraction of sp³-hybridized carbons (Fsp3) is 0.500. The van der Waals surface area contributed by atoms with Gasteiger partial charge in [-0.05, 0) is 53.4 Å². The minimum Gasteiger partial charge on any atom is -0.344 e. The minimum absolute atomic E-state index is 0. The maximum atomic E-state index is 2.48. The van der Waals surface area contributed by atoms with Crippen molar-refractivity contribution in [3.63, 3.8) is 0 Å². The lowest BCUT2D eigenvalue weighted by Gasteiger charge is -2.39. The van der Waals surface area contributed by atoms with Crippen molar-refractivity contribution in [3.05, 3.63) is 54.6 Å². The summed E-state index contributed by atoms with van der Waals surface area (Å²) in [5.74, 6) is 0. The van der Waals surface area contributed by atoms with Gasteiger partial charge in [-0.3, -0.25) is 0 Å². The molecular formula is C24H34NP. The molecule has 0 aromatic heterocycles. The summed E-state index contributed by atoms with van der Waals surface area (Å²) in [7, 11) is -0.0365.